The summed E-state index contributed by atoms with van der Waals surface area (Å²) in [5, 5.41) is 4.64. The number of hydrogen-bond acceptors (Lipinski definition) is 5. The van der Waals surface area contributed by atoms with Crippen LogP contribution in [-0.2, 0) is 14.3 Å². The molecule has 1 aliphatic heterocycles. The molecule has 1 fully saturated rings. The molecular weight excluding hydrogens is 386 g/mol. The Bertz CT molecular complexity index is 928. The molecule has 1 aliphatic rings. The van der Waals surface area contributed by atoms with Gasteiger partial charge in [-0.3, -0.25) is 14.9 Å². The van der Waals surface area contributed by atoms with Crippen LogP contribution in [0.3, 0.4) is 0 Å². The van der Waals surface area contributed by atoms with Crippen LogP contribution in [0, 0.1) is 0 Å². The number of imide groups is 1. The van der Waals surface area contributed by atoms with E-state index in [-0.39, 0.29) is 11.5 Å². The number of ether oxygens (including phenoxy) is 1. The lowest BCUT2D eigenvalue weighted by molar-refractivity contribution is -0.129. The second-order valence-corrected chi connectivity index (χ2v) is 6.74. The molecule has 1 atom stereocenters. The molecule has 156 valence electrons. The van der Waals surface area contributed by atoms with Crippen molar-refractivity contribution in [2.24, 2.45) is 0 Å². The van der Waals surface area contributed by atoms with Crippen LogP contribution in [0.5, 0.6) is 0 Å². The molecule has 0 unspecified atom stereocenters. The van der Waals surface area contributed by atoms with Crippen molar-refractivity contribution in [1.82, 2.24) is 10.6 Å². The molecule has 1 saturated heterocycles. The van der Waals surface area contributed by atoms with Gasteiger partial charge in [0.1, 0.15) is 0 Å². The lowest BCUT2D eigenvalue weighted by atomic mass is 10.1. The van der Waals surface area contributed by atoms with Gasteiger partial charge in [-0.25, -0.2) is 9.59 Å². The van der Waals surface area contributed by atoms with E-state index < -0.39 is 24.0 Å². The summed E-state index contributed by atoms with van der Waals surface area (Å²) in [5.41, 5.74) is 1.38. The van der Waals surface area contributed by atoms with Crippen LogP contribution in [0.15, 0.2) is 54.6 Å². The summed E-state index contributed by atoms with van der Waals surface area (Å²) < 4.78 is 5.44. The quantitative estimate of drug-likeness (QED) is 0.714. The molecule has 0 saturated carbocycles. The first kappa shape index (κ1) is 21.0. The van der Waals surface area contributed by atoms with Crippen LogP contribution >= 0.6 is 0 Å². The summed E-state index contributed by atoms with van der Waals surface area (Å²) in [6, 6.07) is 14.2. The van der Waals surface area contributed by atoms with E-state index in [9.17, 15) is 19.2 Å². The maximum absolute atomic E-state index is 12.7. The number of rotatable bonds is 6. The van der Waals surface area contributed by atoms with Gasteiger partial charge in [0.15, 0.2) is 0 Å². The van der Waals surface area contributed by atoms with E-state index in [2.05, 4.69) is 10.6 Å². The lowest BCUT2D eigenvalue weighted by Crippen LogP contribution is -2.42. The molecular formula is C22H23N3O5. The Hall–Kier alpha value is -3.68. The van der Waals surface area contributed by atoms with E-state index in [4.69, 9.17) is 4.74 Å². The van der Waals surface area contributed by atoms with Gasteiger partial charge < -0.3 is 15.0 Å². The molecule has 1 heterocycles. The maximum Gasteiger partial charge on any atom is 0.339 e. The molecule has 0 spiro atoms. The van der Waals surface area contributed by atoms with Crippen LogP contribution in [0.25, 0.3) is 0 Å². The van der Waals surface area contributed by atoms with Crippen molar-refractivity contribution in [3.05, 3.63) is 65.7 Å². The first-order chi connectivity index (χ1) is 14.5. The number of carbonyl (C=O) groups is 4. The number of nitrogens with one attached hydrogen (secondary N) is 2. The molecule has 30 heavy (non-hydrogen) atoms. The molecule has 0 radical (unpaired) electrons. The Morgan fingerprint density at radius 1 is 1.07 bits per heavy atom. The van der Waals surface area contributed by atoms with Gasteiger partial charge in [-0.05, 0) is 37.6 Å². The summed E-state index contributed by atoms with van der Waals surface area (Å²) in [4.78, 5) is 50.5. The average molecular weight is 409 g/mol. The minimum atomic E-state index is -1.29. The lowest BCUT2D eigenvalue weighted by Gasteiger charge is -2.18. The first-order valence-electron chi connectivity index (χ1n) is 9.74. The maximum atomic E-state index is 12.7. The van der Waals surface area contributed by atoms with E-state index >= 15 is 0 Å². The van der Waals surface area contributed by atoms with Crippen molar-refractivity contribution in [3.8, 4) is 0 Å². The third-order valence-corrected chi connectivity index (χ3v) is 4.63. The van der Waals surface area contributed by atoms with Crippen LogP contribution < -0.4 is 15.5 Å². The summed E-state index contributed by atoms with van der Waals surface area (Å²) in [5.74, 6) is -1.41. The number of esters is 1. The van der Waals surface area contributed by atoms with Crippen LogP contribution in [0.1, 0.15) is 41.8 Å². The second kappa shape index (κ2) is 9.69. The summed E-state index contributed by atoms with van der Waals surface area (Å²) in [6.45, 7) is 2.72. The predicted molar refractivity (Wildman–Crippen MR) is 110 cm³/mol. The molecule has 0 bridgehead atoms. The fourth-order valence-corrected chi connectivity index (χ4v) is 3.16. The zero-order valence-electron chi connectivity index (χ0n) is 16.6. The van der Waals surface area contributed by atoms with E-state index in [1.165, 1.54) is 0 Å². The molecule has 0 aromatic heterocycles. The van der Waals surface area contributed by atoms with Crippen molar-refractivity contribution < 1.29 is 23.9 Å². The monoisotopic (exact) mass is 409 g/mol. The van der Waals surface area contributed by atoms with Gasteiger partial charge in [0.05, 0.1) is 5.56 Å². The highest BCUT2D eigenvalue weighted by Crippen LogP contribution is 2.23. The summed E-state index contributed by atoms with van der Waals surface area (Å²) in [7, 11) is 0. The number of amides is 4. The van der Waals surface area contributed by atoms with Crippen LogP contribution in [0.2, 0.25) is 0 Å². The number of carbonyl (C=O) groups excluding carboxylic acids is 4. The Labute approximate surface area is 174 Å². The minimum absolute atomic E-state index is 0.0523. The number of anilines is 1. The molecule has 8 nitrogen and oxygen atoms in total. The minimum Gasteiger partial charge on any atom is -0.444 e. The summed E-state index contributed by atoms with van der Waals surface area (Å²) in [6.07, 6.45) is 0.0342. The largest absolute Gasteiger partial charge is 0.444 e. The normalized spacial score (nSPS) is 14.2. The zero-order chi connectivity index (χ0) is 21.5. The molecule has 0 aliphatic carbocycles. The third-order valence-electron chi connectivity index (χ3n) is 4.63. The number of nitrogens with zero attached hydrogens (tertiary/aromatic N) is 1. The van der Waals surface area contributed by atoms with Gasteiger partial charge in [0.25, 0.3) is 5.91 Å². The molecule has 2 aromatic rings. The first-order valence-corrected chi connectivity index (χ1v) is 9.74. The Balaban J connectivity index is 1.75. The molecule has 3 rings (SSSR count). The van der Waals surface area contributed by atoms with Crippen molar-refractivity contribution >= 4 is 29.5 Å². The van der Waals surface area contributed by atoms with Crippen molar-refractivity contribution in [2.45, 2.75) is 25.9 Å². The van der Waals surface area contributed by atoms with E-state index in [0.29, 0.717) is 30.8 Å². The van der Waals surface area contributed by atoms with Gasteiger partial charge in [-0.15, -0.1) is 0 Å². The highest BCUT2D eigenvalue weighted by Gasteiger charge is 2.27. The van der Waals surface area contributed by atoms with E-state index in [1.54, 1.807) is 66.4 Å². The van der Waals surface area contributed by atoms with Gasteiger partial charge in [0.2, 0.25) is 12.0 Å². The Morgan fingerprint density at radius 3 is 2.37 bits per heavy atom. The SMILES string of the molecule is CCNC(=O)NC(=O)[C@H](OC(=O)c1ccc(N2CCCC2=O)cc1)c1ccccc1. The van der Waals surface area contributed by atoms with Crippen molar-refractivity contribution in [2.75, 3.05) is 18.0 Å². The zero-order valence-corrected chi connectivity index (χ0v) is 16.6. The second-order valence-electron chi connectivity index (χ2n) is 6.74. The smallest absolute Gasteiger partial charge is 0.339 e. The number of hydrogen-bond donors (Lipinski definition) is 2. The molecule has 8 heteroatoms. The fourth-order valence-electron chi connectivity index (χ4n) is 3.16. The highest BCUT2D eigenvalue weighted by molar-refractivity contribution is 5.99. The number of urea groups is 1. The molecule has 2 N–H and O–H groups in total. The van der Waals surface area contributed by atoms with Gasteiger partial charge in [0, 0.05) is 30.8 Å². The molecule has 4 amide bonds. The fraction of sp³-hybridized carbons (Fsp3) is 0.273. The van der Waals surface area contributed by atoms with Crippen LogP contribution in [-0.4, -0.2) is 36.9 Å². The Morgan fingerprint density at radius 2 is 1.77 bits per heavy atom. The van der Waals surface area contributed by atoms with Gasteiger partial charge in [-0.1, -0.05) is 30.3 Å². The van der Waals surface area contributed by atoms with E-state index in [1.807, 2.05) is 0 Å². The summed E-state index contributed by atoms with van der Waals surface area (Å²) >= 11 is 0. The highest BCUT2D eigenvalue weighted by atomic mass is 16.5. The average Bonchev–Trinajstić information content (AvgIpc) is 3.18. The molecule has 2 aromatic carbocycles. The third kappa shape index (κ3) is 5.02. The van der Waals surface area contributed by atoms with Gasteiger partial charge >= 0.3 is 12.0 Å². The Kier molecular flexibility index (Phi) is 6.79. The predicted octanol–water partition coefficient (Wildman–Crippen LogP) is 2.56. The van der Waals surface area contributed by atoms with Crippen LogP contribution in [0.4, 0.5) is 10.5 Å². The topological polar surface area (TPSA) is 105 Å². The number of benzene rings is 2. The van der Waals surface area contributed by atoms with Gasteiger partial charge in [-0.2, -0.15) is 0 Å². The van der Waals surface area contributed by atoms with E-state index in [0.717, 1.165) is 6.42 Å². The van der Waals surface area contributed by atoms with Crippen molar-refractivity contribution in [1.29, 1.82) is 0 Å². The van der Waals surface area contributed by atoms with Crippen molar-refractivity contribution in [3.63, 3.8) is 0 Å². The standard InChI is InChI=1S/C22H23N3O5/c1-2-23-22(29)24-20(27)19(15-7-4-3-5-8-15)30-21(28)16-10-12-17(13-11-16)25-14-6-9-18(25)26/h3-5,7-8,10-13,19H,2,6,9,14H2,1H3,(H2,23,24,27,29)/t19-/m1/s1.